The molecule has 2 unspecified atom stereocenters. The number of piperazine rings is 1. The maximum atomic E-state index is 12.4. The number of nitrogens with one attached hydrogen (secondary N) is 1. The molecule has 1 amide bonds. The molecule has 3 aliphatic heterocycles. The second kappa shape index (κ2) is 9.35. The van der Waals surface area contributed by atoms with Crippen molar-refractivity contribution in [3.05, 3.63) is 0 Å². The summed E-state index contributed by atoms with van der Waals surface area (Å²) < 4.78 is 24.7. The Morgan fingerprint density at radius 2 is 1.61 bits per heavy atom. The first-order valence-electron chi connectivity index (χ1n) is 8.14. The molecule has 23 heavy (non-hydrogen) atoms. The van der Waals surface area contributed by atoms with Crippen LogP contribution in [0.1, 0.15) is 32.1 Å². The number of hydrogen-bond acceptors (Lipinski definition) is 3. The molecule has 8 heteroatoms. The summed E-state index contributed by atoms with van der Waals surface area (Å²) in [5.74, 6) is 0.730. The minimum absolute atomic E-state index is 0. The smallest absolute Gasteiger partial charge is 0.251 e. The molecular formula is C15H27Cl2F2N3O. The first-order chi connectivity index (χ1) is 10.1. The van der Waals surface area contributed by atoms with Gasteiger partial charge in [-0.1, -0.05) is 0 Å². The van der Waals surface area contributed by atoms with Gasteiger partial charge in [0.15, 0.2) is 0 Å². The Morgan fingerprint density at radius 1 is 1.04 bits per heavy atom. The van der Waals surface area contributed by atoms with Crippen LogP contribution in [0.15, 0.2) is 0 Å². The largest absolute Gasteiger partial charge is 0.340 e. The molecule has 4 nitrogen and oxygen atoms in total. The van der Waals surface area contributed by atoms with Gasteiger partial charge in [0.25, 0.3) is 6.43 Å². The van der Waals surface area contributed by atoms with Crippen LogP contribution in [0.4, 0.5) is 8.78 Å². The Bertz CT molecular complexity index is 370. The molecular weight excluding hydrogens is 347 g/mol. The molecule has 0 aliphatic carbocycles. The standard InChI is InChI=1S/C15H25F2N3O.2ClH/c16-14(17)10-19-3-5-20(6-4-19)15(21)9-11-7-12-1-2-13(8-11)18-12;;/h11-14,18H,1-10H2;2*1H. The highest BCUT2D eigenvalue weighted by Crippen LogP contribution is 2.33. The Hall–Kier alpha value is -0.170. The summed E-state index contributed by atoms with van der Waals surface area (Å²) in [6.45, 7) is 2.19. The zero-order chi connectivity index (χ0) is 14.8. The number of hydrogen-bond donors (Lipinski definition) is 1. The second-order valence-electron chi connectivity index (χ2n) is 6.75. The van der Waals surface area contributed by atoms with Gasteiger partial charge >= 0.3 is 0 Å². The zero-order valence-corrected chi connectivity index (χ0v) is 14.9. The first kappa shape index (κ1) is 20.9. The minimum Gasteiger partial charge on any atom is -0.340 e. The average Bonchev–Trinajstić information content (AvgIpc) is 2.78. The van der Waals surface area contributed by atoms with Gasteiger partial charge in [0.1, 0.15) is 0 Å². The van der Waals surface area contributed by atoms with Crippen LogP contribution in [-0.4, -0.2) is 66.9 Å². The fraction of sp³-hybridized carbons (Fsp3) is 0.933. The lowest BCUT2D eigenvalue weighted by Gasteiger charge is -2.36. The summed E-state index contributed by atoms with van der Waals surface area (Å²) in [7, 11) is 0. The third kappa shape index (κ3) is 5.69. The van der Waals surface area contributed by atoms with E-state index in [9.17, 15) is 13.6 Å². The molecule has 0 aromatic rings. The minimum atomic E-state index is -2.28. The lowest BCUT2D eigenvalue weighted by atomic mass is 9.89. The molecule has 0 aromatic heterocycles. The number of halogens is 4. The molecule has 3 rings (SSSR count). The van der Waals surface area contributed by atoms with E-state index >= 15 is 0 Å². The molecule has 2 bridgehead atoms. The van der Waals surface area contributed by atoms with E-state index in [1.807, 2.05) is 4.90 Å². The molecule has 0 saturated carbocycles. The number of carbonyl (C=O) groups excluding carboxylic acids is 1. The molecule has 3 heterocycles. The SMILES string of the molecule is Cl.Cl.O=C(CC1CC2CCC(C1)N2)N1CCN(CC(F)F)CC1. The van der Waals surface area contributed by atoms with Crippen molar-refractivity contribution in [2.45, 2.75) is 50.6 Å². The number of amides is 1. The monoisotopic (exact) mass is 373 g/mol. The van der Waals surface area contributed by atoms with Gasteiger partial charge in [-0.05, 0) is 31.6 Å². The summed E-state index contributed by atoms with van der Waals surface area (Å²) in [6.07, 6.45) is 3.10. The van der Waals surface area contributed by atoms with Gasteiger partial charge in [0.05, 0.1) is 6.54 Å². The van der Waals surface area contributed by atoms with Crippen LogP contribution in [0.5, 0.6) is 0 Å². The number of piperidine rings is 1. The van der Waals surface area contributed by atoms with E-state index in [2.05, 4.69) is 5.32 Å². The third-order valence-corrected chi connectivity index (χ3v) is 5.16. The van der Waals surface area contributed by atoms with E-state index in [1.165, 1.54) is 12.8 Å². The fourth-order valence-electron chi connectivity index (χ4n) is 4.09. The predicted molar refractivity (Wildman–Crippen MR) is 90.8 cm³/mol. The highest BCUT2D eigenvalue weighted by Gasteiger charge is 2.35. The maximum absolute atomic E-state index is 12.4. The second-order valence-corrected chi connectivity index (χ2v) is 6.75. The van der Waals surface area contributed by atoms with Gasteiger partial charge < -0.3 is 10.2 Å². The number of rotatable bonds is 4. The zero-order valence-electron chi connectivity index (χ0n) is 13.3. The van der Waals surface area contributed by atoms with Crippen LogP contribution in [0.3, 0.4) is 0 Å². The maximum Gasteiger partial charge on any atom is 0.251 e. The van der Waals surface area contributed by atoms with E-state index in [0.717, 1.165) is 12.8 Å². The Balaban J connectivity index is 0.00000132. The summed E-state index contributed by atoms with van der Waals surface area (Å²) in [5.41, 5.74) is 0. The van der Waals surface area contributed by atoms with E-state index in [4.69, 9.17) is 0 Å². The normalized spacial score (nSPS) is 30.7. The van der Waals surface area contributed by atoms with Crippen LogP contribution in [0, 0.1) is 5.92 Å². The van der Waals surface area contributed by atoms with Gasteiger partial charge in [-0.25, -0.2) is 8.78 Å². The van der Waals surface area contributed by atoms with Gasteiger partial charge in [-0.3, -0.25) is 9.69 Å². The van der Waals surface area contributed by atoms with Crippen molar-refractivity contribution in [3.8, 4) is 0 Å². The van der Waals surface area contributed by atoms with E-state index in [1.54, 1.807) is 4.90 Å². The average molecular weight is 374 g/mol. The fourth-order valence-corrected chi connectivity index (χ4v) is 4.09. The Labute approximate surface area is 149 Å². The number of fused-ring (bicyclic) bond motifs is 2. The Morgan fingerprint density at radius 3 is 2.13 bits per heavy atom. The Kier molecular flexibility index (Phi) is 8.48. The number of carbonyl (C=O) groups is 1. The molecule has 3 saturated heterocycles. The summed E-state index contributed by atoms with van der Waals surface area (Å²) in [5, 5.41) is 3.59. The molecule has 3 aliphatic rings. The van der Waals surface area contributed by atoms with Crippen molar-refractivity contribution in [1.29, 1.82) is 0 Å². The molecule has 2 atom stereocenters. The van der Waals surface area contributed by atoms with Gasteiger partial charge in [-0.2, -0.15) is 0 Å². The van der Waals surface area contributed by atoms with Gasteiger partial charge in [0.2, 0.25) is 5.91 Å². The van der Waals surface area contributed by atoms with E-state index in [0.29, 0.717) is 50.6 Å². The van der Waals surface area contributed by atoms with Crippen molar-refractivity contribution < 1.29 is 13.6 Å². The molecule has 3 fully saturated rings. The predicted octanol–water partition coefficient (Wildman–Crippen LogP) is 2.16. The van der Waals surface area contributed by atoms with Crippen molar-refractivity contribution in [3.63, 3.8) is 0 Å². The molecule has 0 aromatic carbocycles. The van der Waals surface area contributed by atoms with Gasteiger partial charge in [-0.15, -0.1) is 24.8 Å². The quantitative estimate of drug-likeness (QED) is 0.819. The van der Waals surface area contributed by atoms with Crippen LogP contribution in [0.2, 0.25) is 0 Å². The topological polar surface area (TPSA) is 35.6 Å². The first-order valence-corrected chi connectivity index (χ1v) is 8.14. The summed E-state index contributed by atoms with van der Waals surface area (Å²) in [4.78, 5) is 16.0. The van der Waals surface area contributed by atoms with E-state index < -0.39 is 6.43 Å². The van der Waals surface area contributed by atoms with Crippen molar-refractivity contribution >= 4 is 30.7 Å². The van der Waals surface area contributed by atoms with Crippen molar-refractivity contribution in [1.82, 2.24) is 15.1 Å². The molecule has 1 N–H and O–H groups in total. The number of alkyl halides is 2. The lowest BCUT2D eigenvalue weighted by molar-refractivity contribution is -0.134. The third-order valence-electron chi connectivity index (χ3n) is 5.16. The van der Waals surface area contributed by atoms with E-state index in [-0.39, 0.29) is 37.3 Å². The van der Waals surface area contributed by atoms with Crippen molar-refractivity contribution in [2.24, 2.45) is 5.92 Å². The molecule has 0 radical (unpaired) electrons. The van der Waals surface area contributed by atoms with Gasteiger partial charge in [0, 0.05) is 44.7 Å². The van der Waals surface area contributed by atoms with Crippen LogP contribution < -0.4 is 5.32 Å². The molecule has 0 spiro atoms. The van der Waals surface area contributed by atoms with Crippen LogP contribution in [0.25, 0.3) is 0 Å². The van der Waals surface area contributed by atoms with Crippen LogP contribution in [-0.2, 0) is 4.79 Å². The molecule has 136 valence electrons. The summed E-state index contributed by atoms with van der Waals surface area (Å²) in [6, 6.07) is 1.23. The number of nitrogens with zero attached hydrogens (tertiary/aromatic N) is 2. The highest BCUT2D eigenvalue weighted by molar-refractivity contribution is 5.85. The van der Waals surface area contributed by atoms with Crippen LogP contribution >= 0.6 is 24.8 Å². The highest BCUT2D eigenvalue weighted by atomic mass is 35.5. The summed E-state index contributed by atoms with van der Waals surface area (Å²) >= 11 is 0. The van der Waals surface area contributed by atoms with Crippen molar-refractivity contribution in [2.75, 3.05) is 32.7 Å². The lowest BCUT2D eigenvalue weighted by Crippen LogP contribution is -2.50.